The van der Waals surface area contributed by atoms with Gasteiger partial charge in [-0.2, -0.15) is 0 Å². The lowest BCUT2D eigenvalue weighted by Crippen LogP contribution is -1.98. The third-order valence-electron chi connectivity index (χ3n) is 2.20. The van der Waals surface area contributed by atoms with Gasteiger partial charge in [0.1, 0.15) is 11.5 Å². The van der Waals surface area contributed by atoms with Gasteiger partial charge < -0.3 is 9.47 Å². The third-order valence-corrected chi connectivity index (χ3v) is 2.20. The van der Waals surface area contributed by atoms with Crippen LogP contribution in [0.15, 0.2) is 30.9 Å². The van der Waals surface area contributed by atoms with Crippen LogP contribution in [-0.4, -0.2) is 13.7 Å². The molecule has 0 aliphatic heterocycles. The molecule has 0 aliphatic rings. The summed E-state index contributed by atoms with van der Waals surface area (Å²) in [6, 6.07) is 5.73. The molecule has 0 aliphatic carbocycles. The molecule has 0 saturated carbocycles. The van der Waals surface area contributed by atoms with Gasteiger partial charge in [-0.25, -0.2) is 0 Å². The highest BCUT2D eigenvalue weighted by Crippen LogP contribution is 2.30. The fourth-order valence-electron chi connectivity index (χ4n) is 1.39. The van der Waals surface area contributed by atoms with E-state index in [1.54, 1.807) is 13.2 Å². The van der Waals surface area contributed by atoms with E-state index in [-0.39, 0.29) is 5.92 Å². The maximum absolute atomic E-state index is 5.42. The first kappa shape index (κ1) is 11.6. The average molecular weight is 205 g/mol. The highest BCUT2D eigenvalue weighted by Gasteiger charge is 2.09. The molecule has 2 nitrogen and oxygen atoms in total. The summed E-state index contributed by atoms with van der Waals surface area (Å²) >= 11 is 0. The molecule has 0 aromatic heterocycles. The second-order valence-electron chi connectivity index (χ2n) is 3.18. The van der Waals surface area contributed by atoms with Crippen molar-refractivity contribution < 1.29 is 9.47 Å². The van der Waals surface area contributed by atoms with Crippen molar-refractivity contribution in [1.29, 1.82) is 0 Å². The highest BCUT2D eigenvalue weighted by atomic mass is 16.5. The van der Waals surface area contributed by atoms with Crippen LogP contribution >= 0.6 is 0 Å². The second-order valence-corrected chi connectivity index (χ2v) is 3.18. The van der Waals surface area contributed by atoms with Gasteiger partial charge in [-0.15, -0.1) is 6.58 Å². The van der Waals surface area contributed by atoms with Crippen molar-refractivity contribution in [1.82, 2.24) is 0 Å². The van der Waals surface area contributed by atoms with Crippen LogP contribution in [0.1, 0.15) is 18.4 Å². The van der Waals surface area contributed by atoms with Crippen molar-refractivity contribution in [3.63, 3.8) is 0 Å². The number of rotatable bonds is 5. The van der Waals surface area contributed by atoms with Crippen LogP contribution in [0.4, 0.5) is 0 Å². The molecule has 2 heteroatoms. The number of allylic oxidation sites excluding steroid dienone is 1. The molecule has 1 unspecified atom stereocenters. The summed E-state index contributed by atoms with van der Waals surface area (Å²) in [5.74, 6) is 1.67. The Kier molecular flexibility index (Phi) is 4.22. The Morgan fingerprint density at radius 2 is 2.20 bits per heavy atom. The van der Waals surface area contributed by atoms with E-state index in [2.05, 4.69) is 13.5 Å². The summed E-state index contributed by atoms with van der Waals surface area (Å²) < 4.78 is 10.7. The lowest BCUT2D eigenvalue weighted by molar-refractivity contribution is 0.338. The average Bonchev–Trinajstić information content (AvgIpc) is 2.28. The van der Waals surface area contributed by atoms with Crippen molar-refractivity contribution >= 4 is 0 Å². The molecule has 1 radical (unpaired) electrons. The van der Waals surface area contributed by atoms with Gasteiger partial charge in [0.05, 0.1) is 13.7 Å². The summed E-state index contributed by atoms with van der Waals surface area (Å²) in [7, 11) is 1.65. The van der Waals surface area contributed by atoms with Crippen LogP contribution < -0.4 is 9.47 Å². The minimum atomic E-state index is 0.0142. The van der Waals surface area contributed by atoms with E-state index in [4.69, 9.17) is 9.47 Å². The van der Waals surface area contributed by atoms with Gasteiger partial charge in [-0.05, 0) is 32.0 Å². The van der Waals surface area contributed by atoms with Gasteiger partial charge >= 0.3 is 0 Å². The van der Waals surface area contributed by atoms with Gasteiger partial charge in [0.15, 0.2) is 0 Å². The highest BCUT2D eigenvalue weighted by molar-refractivity contribution is 5.44. The SMILES string of the molecule is [CH2]C(C=C)c1cc(OCC)ccc1OC. The summed E-state index contributed by atoms with van der Waals surface area (Å²) in [4.78, 5) is 0. The molecular formula is C13H17O2. The van der Waals surface area contributed by atoms with Gasteiger partial charge in [0, 0.05) is 11.5 Å². The van der Waals surface area contributed by atoms with Crippen LogP contribution in [0.2, 0.25) is 0 Å². The monoisotopic (exact) mass is 205 g/mol. The van der Waals surface area contributed by atoms with Gasteiger partial charge in [0.25, 0.3) is 0 Å². The summed E-state index contributed by atoms with van der Waals surface area (Å²) in [5.41, 5.74) is 0.999. The van der Waals surface area contributed by atoms with Crippen molar-refractivity contribution in [2.75, 3.05) is 13.7 Å². The van der Waals surface area contributed by atoms with Crippen molar-refractivity contribution in [2.24, 2.45) is 0 Å². The van der Waals surface area contributed by atoms with E-state index < -0.39 is 0 Å². The van der Waals surface area contributed by atoms with Crippen LogP contribution in [0.5, 0.6) is 11.5 Å². The Labute approximate surface area is 91.5 Å². The fraction of sp³-hybridized carbons (Fsp3) is 0.308. The van der Waals surface area contributed by atoms with E-state index in [9.17, 15) is 0 Å². The van der Waals surface area contributed by atoms with E-state index in [0.29, 0.717) is 6.61 Å². The maximum atomic E-state index is 5.42. The maximum Gasteiger partial charge on any atom is 0.122 e. The first-order valence-corrected chi connectivity index (χ1v) is 4.99. The predicted octanol–water partition coefficient (Wildman–Crippen LogP) is 3.20. The Morgan fingerprint density at radius 1 is 1.47 bits per heavy atom. The molecule has 0 heterocycles. The number of methoxy groups -OCH3 is 1. The molecule has 0 amide bonds. The normalized spacial score (nSPS) is 11.9. The first-order chi connectivity index (χ1) is 7.22. The number of benzene rings is 1. The van der Waals surface area contributed by atoms with Gasteiger partial charge in [-0.3, -0.25) is 0 Å². The van der Waals surface area contributed by atoms with Crippen molar-refractivity contribution in [3.8, 4) is 11.5 Å². The second kappa shape index (κ2) is 5.44. The van der Waals surface area contributed by atoms with E-state index in [1.807, 2.05) is 25.1 Å². The zero-order valence-corrected chi connectivity index (χ0v) is 9.32. The molecule has 0 fully saturated rings. The number of hydrogen-bond donors (Lipinski definition) is 0. The molecule has 1 aromatic rings. The summed E-state index contributed by atoms with van der Waals surface area (Å²) in [5, 5.41) is 0. The lowest BCUT2D eigenvalue weighted by Gasteiger charge is -2.14. The van der Waals surface area contributed by atoms with Crippen molar-refractivity contribution in [2.45, 2.75) is 12.8 Å². The largest absolute Gasteiger partial charge is 0.496 e. The molecule has 0 N–H and O–H groups in total. The molecular weight excluding hydrogens is 188 g/mol. The Hall–Kier alpha value is -1.44. The molecule has 0 spiro atoms. The Bertz CT molecular complexity index is 331. The zero-order chi connectivity index (χ0) is 11.3. The molecule has 15 heavy (non-hydrogen) atoms. The molecule has 0 bridgehead atoms. The molecule has 1 aromatic carbocycles. The molecule has 0 saturated heterocycles. The third kappa shape index (κ3) is 2.75. The van der Waals surface area contributed by atoms with Gasteiger partial charge in [0.2, 0.25) is 0 Å². The lowest BCUT2D eigenvalue weighted by atomic mass is 10.00. The molecule has 81 valence electrons. The quantitative estimate of drug-likeness (QED) is 0.687. The Balaban J connectivity index is 3.06. The molecule has 1 rings (SSSR count). The number of ether oxygens (including phenoxy) is 2. The first-order valence-electron chi connectivity index (χ1n) is 4.99. The summed E-state index contributed by atoms with van der Waals surface area (Å²) in [6.45, 7) is 10.3. The van der Waals surface area contributed by atoms with E-state index in [1.165, 1.54) is 0 Å². The van der Waals surface area contributed by atoms with Crippen molar-refractivity contribution in [3.05, 3.63) is 43.3 Å². The van der Waals surface area contributed by atoms with Crippen LogP contribution in [0.3, 0.4) is 0 Å². The Morgan fingerprint density at radius 3 is 2.73 bits per heavy atom. The van der Waals surface area contributed by atoms with Crippen LogP contribution in [0.25, 0.3) is 0 Å². The minimum Gasteiger partial charge on any atom is -0.496 e. The minimum absolute atomic E-state index is 0.0142. The van der Waals surface area contributed by atoms with Crippen LogP contribution in [-0.2, 0) is 0 Å². The topological polar surface area (TPSA) is 18.5 Å². The van der Waals surface area contributed by atoms with E-state index in [0.717, 1.165) is 17.1 Å². The number of hydrogen-bond acceptors (Lipinski definition) is 2. The van der Waals surface area contributed by atoms with Crippen LogP contribution in [0, 0.1) is 6.92 Å². The smallest absolute Gasteiger partial charge is 0.122 e. The fourth-order valence-corrected chi connectivity index (χ4v) is 1.39. The van der Waals surface area contributed by atoms with Gasteiger partial charge in [-0.1, -0.05) is 6.08 Å². The predicted molar refractivity (Wildman–Crippen MR) is 62.5 cm³/mol. The zero-order valence-electron chi connectivity index (χ0n) is 9.32. The summed E-state index contributed by atoms with van der Waals surface area (Å²) in [6.07, 6.45) is 1.79. The standard InChI is InChI=1S/C13H17O2/c1-5-10(3)12-9-11(15-6-2)7-8-13(12)14-4/h5,7-10H,1,3,6H2,2,4H3. The molecule has 1 atom stereocenters. The van der Waals surface area contributed by atoms with E-state index >= 15 is 0 Å².